The molecule has 0 atom stereocenters. The summed E-state index contributed by atoms with van der Waals surface area (Å²) in [5.74, 6) is -1.81. The van der Waals surface area contributed by atoms with Crippen molar-refractivity contribution < 1.29 is 29.3 Å². The topological polar surface area (TPSA) is 162 Å². The third-order valence-electron chi connectivity index (χ3n) is 3.04. The van der Waals surface area contributed by atoms with E-state index in [0.29, 0.717) is 0 Å². The Bertz CT molecular complexity index is 864. The van der Waals surface area contributed by atoms with E-state index in [9.17, 15) is 29.8 Å². The number of nitro groups is 2. The van der Waals surface area contributed by atoms with Gasteiger partial charge in [-0.1, -0.05) is 6.07 Å². The van der Waals surface area contributed by atoms with Gasteiger partial charge in [0.2, 0.25) is 0 Å². The van der Waals surface area contributed by atoms with Crippen LogP contribution in [0.3, 0.4) is 0 Å². The summed E-state index contributed by atoms with van der Waals surface area (Å²) >= 11 is 0. The van der Waals surface area contributed by atoms with Crippen LogP contribution in [-0.2, 0) is 4.79 Å². The van der Waals surface area contributed by atoms with Crippen LogP contribution >= 0.6 is 0 Å². The van der Waals surface area contributed by atoms with Gasteiger partial charge in [-0.25, -0.2) is 4.79 Å². The summed E-state index contributed by atoms with van der Waals surface area (Å²) in [4.78, 5) is 42.8. The van der Waals surface area contributed by atoms with Crippen LogP contribution in [0.5, 0.6) is 5.75 Å². The van der Waals surface area contributed by atoms with Gasteiger partial charge in [0, 0.05) is 23.9 Å². The molecule has 1 amide bonds. The smallest absolute Gasteiger partial charge is 0.341 e. The number of nitro benzene ring substituents is 2. The van der Waals surface area contributed by atoms with Gasteiger partial charge in [-0.15, -0.1) is 0 Å². The summed E-state index contributed by atoms with van der Waals surface area (Å²) in [5, 5.41) is 32.7. The molecule has 0 radical (unpaired) electrons. The van der Waals surface area contributed by atoms with Crippen molar-refractivity contribution in [2.75, 3.05) is 11.9 Å². The molecule has 0 bridgehead atoms. The van der Waals surface area contributed by atoms with Crippen LogP contribution in [0.4, 0.5) is 17.1 Å². The van der Waals surface area contributed by atoms with Crippen LogP contribution in [0.25, 0.3) is 0 Å². The number of benzene rings is 2. The first kappa shape index (κ1) is 18.3. The van der Waals surface area contributed by atoms with Crippen molar-refractivity contribution in [2.24, 2.45) is 0 Å². The van der Waals surface area contributed by atoms with Crippen molar-refractivity contribution in [3.63, 3.8) is 0 Å². The molecule has 2 aromatic carbocycles. The molecule has 0 aliphatic heterocycles. The number of amides is 1. The lowest BCUT2D eigenvalue weighted by molar-refractivity contribution is -0.394. The van der Waals surface area contributed by atoms with E-state index in [-0.39, 0.29) is 17.0 Å². The zero-order chi connectivity index (χ0) is 19.3. The lowest BCUT2D eigenvalue weighted by Gasteiger charge is -2.08. The van der Waals surface area contributed by atoms with E-state index in [4.69, 9.17) is 9.84 Å². The Morgan fingerprint density at radius 1 is 1.04 bits per heavy atom. The Kier molecular flexibility index (Phi) is 5.43. The molecule has 0 saturated carbocycles. The molecule has 134 valence electrons. The quantitative estimate of drug-likeness (QED) is 0.560. The summed E-state index contributed by atoms with van der Waals surface area (Å²) in [6, 6.07) is 8.33. The largest absolute Gasteiger partial charge is 0.482 e. The number of nitrogens with one attached hydrogen (secondary N) is 1. The maximum absolute atomic E-state index is 12.2. The lowest BCUT2D eigenvalue weighted by Crippen LogP contribution is -2.13. The normalized spacial score (nSPS) is 10.0. The average Bonchev–Trinajstić information content (AvgIpc) is 2.59. The fourth-order valence-corrected chi connectivity index (χ4v) is 1.95. The molecule has 11 heteroatoms. The number of carboxylic acids is 1. The van der Waals surface area contributed by atoms with Crippen LogP contribution < -0.4 is 10.1 Å². The molecule has 0 saturated heterocycles. The first-order valence-corrected chi connectivity index (χ1v) is 6.96. The van der Waals surface area contributed by atoms with E-state index in [2.05, 4.69) is 5.32 Å². The molecule has 0 aliphatic rings. The van der Waals surface area contributed by atoms with Crippen molar-refractivity contribution >= 4 is 28.9 Å². The van der Waals surface area contributed by atoms with Crippen LogP contribution in [0.15, 0.2) is 42.5 Å². The Morgan fingerprint density at radius 3 is 2.19 bits per heavy atom. The van der Waals surface area contributed by atoms with Gasteiger partial charge in [0.15, 0.2) is 6.61 Å². The second kappa shape index (κ2) is 7.70. The fourth-order valence-electron chi connectivity index (χ4n) is 1.95. The number of anilines is 1. The highest BCUT2D eigenvalue weighted by molar-refractivity contribution is 6.05. The van der Waals surface area contributed by atoms with Crippen molar-refractivity contribution in [3.8, 4) is 5.75 Å². The zero-order valence-electron chi connectivity index (χ0n) is 12.9. The number of ether oxygens (including phenoxy) is 1. The number of rotatable bonds is 7. The van der Waals surface area contributed by atoms with E-state index in [0.717, 1.165) is 18.2 Å². The SMILES string of the molecule is O=C(O)COc1cccc(NC(=O)c2cc([N+](=O)[O-])cc([N+](=O)[O-])c2)c1. The van der Waals surface area contributed by atoms with Crippen LogP contribution in [0.1, 0.15) is 10.4 Å². The van der Waals surface area contributed by atoms with Gasteiger partial charge in [0.25, 0.3) is 17.3 Å². The second-order valence-corrected chi connectivity index (χ2v) is 4.92. The first-order valence-electron chi connectivity index (χ1n) is 6.96. The molecule has 11 nitrogen and oxygen atoms in total. The summed E-state index contributed by atoms with van der Waals surface area (Å²) in [6.07, 6.45) is 0. The number of carboxylic acid groups (broad SMARTS) is 1. The van der Waals surface area contributed by atoms with Crippen molar-refractivity contribution in [3.05, 3.63) is 68.3 Å². The molecule has 0 heterocycles. The Labute approximate surface area is 145 Å². The fraction of sp³-hybridized carbons (Fsp3) is 0.0667. The molecule has 26 heavy (non-hydrogen) atoms. The molecule has 0 spiro atoms. The van der Waals surface area contributed by atoms with E-state index < -0.39 is 39.7 Å². The lowest BCUT2D eigenvalue weighted by atomic mass is 10.1. The summed E-state index contributed by atoms with van der Waals surface area (Å²) in [7, 11) is 0. The van der Waals surface area contributed by atoms with Crippen LogP contribution in [0, 0.1) is 20.2 Å². The predicted molar refractivity (Wildman–Crippen MR) is 87.3 cm³/mol. The summed E-state index contributed by atoms with van der Waals surface area (Å²) < 4.78 is 4.97. The maximum atomic E-state index is 12.2. The van der Waals surface area contributed by atoms with E-state index in [1.54, 1.807) is 0 Å². The minimum Gasteiger partial charge on any atom is -0.482 e. The molecule has 0 aromatic heterocycles. The zero-order valence-corrected chi connectivity index (χ0v) is 12.9. The first-order chi connectivity index (χ1) is 12.3. The standard InChI is InChI=1S/C15H11N3O8/c19-14(20)8-26-13-3-1-2-10(6-13)16-15(21)9-4-11(17(22)23)7-12(5-9)18(24)25/h1-7H,8H2,(H,16,21)(H,19,20). The minimum absolute atomic E-state index is 0.176. The highest BCUT2D eigenvalue weighted by Gasteiger charge is 2.20. The molecule has 2 aromatic rings. The number of hydrogen-bond donors (Lipinski definition) is 2. The van der Waals surface area contributed by atoms with E-state index in [1.807, 2.05) is 0 Å². The van der Waals surface area contributed by atoms with Crippen molar-refractivity contribution in [1.29, 1.82) is 0 Å². The highest BCUT2D eigenvalue weighted by Crippen LogP contribution is 2.24. The third-order valence-corrected chi connectivity index (χ3v) is 3.04. The Balaban J connectivity index is 2.24. The third kappa shape index (κ3) is 4.74. The second-order valence-electron chi connectivity index (χ2n) is 4.92. The van der Waals surface area contributed by atoms with Gasteiger partial charge < -0.3 is 15.2 Å². The maximum Gasteiger partial charge on any atom is 0.341 e. The molecule has 2 N–H and O–H groups in total. The van der Waals surface area contributed by atoms with Gasteiger partial charge in [-0.2, -0.15) is 0 Å². The molecule has 2 rings (SSSR count). The molecular formula is C15H11N3O8. The predicted octanol–water partition coefficient (Wildman–Crippen LogP) is 2.22. The molecule has 0 unspecified atom stereocenters. The summed E-state index contributed by atoms with van der Waals surface area (Å²) in [6.45, 7) is -0.575. The van der Waals surface area contributed by atoms with Gasteiger partial charge in [0.05, 0.1) is 21.5 Å². The van der Waals surface area contributed by atoms with Gasteiger partial charge >= 0.3 is 5.97 Å². The van der Waals surface area contributed by atoms with E-state index >= 15 is 0 Å². The Morgan fingerprint density at radius 2 is 1.65 bits per heavy atom. The number of nitrogens with zero attached hydrogens (tertiary/aromatic N) is 2. The molecule has 0 fully saturated rings. The number of non-ortho nitro benzene ring substituents is 2. The highest BCUT2D eigenvalue weighted by atomic mass is 16.6. The van der Waals surface area contributed by atoms with E-state index in [1.165, 1.54) is 24.3 Å². The van der Waals surface area contributed by atoms with Crippen molar-refractivity contribution in [1.82, 2.24) is 0 Å². The van der Waals surface area contributed by atoms with Crippen molar-refractivity contribution in [2.45, 2.75) is 0 Å². The van der Waals surface area contributed by atoms with Crippen LogP contribution in [-0.4, -0.2) is 33.4 Å². The number of carbonyl (C=O) groups is 2. The Hall–Kier alpha value is -4.02. The average molecular weight is 361 g/mol. The summed E-state index contributed by atoms with van der Waals surface area (Å²) in [5.41, 5.74) is -1.25. The number of aliphatic carboxylic acids is 1. The monoisotopic (exact) mass is 361 g/mol. The van der Waals surface area contributed by atoms with Gasteiger partial charge in [0.1, 0.15) is 5.75 Å². The van der Waals surface area contributed by atoms with Gasteiger partial charge in [-0.05, 0) is 12.1 Å². The number of hydrogen-bond acceptors (Lipinski definition) is 7. The van der Waals surface area contributed by atoms with Gasteiger partial charge in [-0.3, -0.25) is 25.0 Å². The molecular weight excluding hydrogens is 350 g/mol. The van der Waals surface area contributed by atoms with Crippen LogP contribution in [0.2, 0.25) is 0 Å². The number of carbonyl (C=O) groups excluding carboxylic acids is 1. The minimum atomic E-state index is -1.18. The molecule has 0 aliphatic carbocycles.